The van der Waals surface area contributed by atoms with Crippen LogP contribution in [0.1, 0.15) is 19.5 Å². The van der Waals surface area contributed by atoms with Gasteiger partial charge in [0, 0.05) is 6.20 Å². The maximum absolute atomic E-state index is 11.2. The van der Waals surface area contributed by atoms with Gasteiger partial charge in [-0.25, -0.2) is 9.97 Å². The summed E-state index contributed by atoms with van der Waals surface area (Å²) in [5.74, 6) is -0.420. The fourth-order valence-electron chi connectivity index (χ4n) is 0.810. The number of aliphatic hydroxyl groups is 1. The number of nitrogens with one attached hydrogen (secondary N) is 1. The third kappa shape index (κ3) is 3.10. The van der Waals surface area contributed by atoms with Crippen LogP contribution >= 0.6 is 0 Å². The minimum Gasteiger partial charge on any atom is -0.381 e. The van der Waals surface area contributed by atoms with Crippen LogP contribution in [0.25, 0.3) is 0 Å². The summed E-state index contributed by atoms with van der Waals surface area (Å²) in [6.45, 7) is 3.16. The van der Waals surface area contributed by atoms with Crippen molar-refractivity contribution in [3.63, 3.8) is 0 Å². The maximum Gasteiger partial charge on any atom is 0.251 e. The highest BCUT2D eigenvalue weighted by Crippen LogP contribution is 2.00. The predicted octanol–water partition coefficient (Wildman–Crippen LogP) is -0.136. The van der Waals surface area contributed by atoms with Crippen molar-refractivity contribution in [1.29, 1.82) is 0 Å². The van der Waals surface area contributed by atoms with E-state index in [2.05, 4.69) is 15.3 Å². The molecule has 0 saturated heterocycles. The highest BCUT2D eigenvalue weighted by atomic mass is 16.3. The van der Waals surface area contributed by atoms with Crippen molar-refractivity contribution in [3.05, 3.63) is 24.3 Å². The lowest BCUT2D eigenvalue weighted by Gasteiger charge is -2.16. The zero-order chi connectivity index (χ0) is 10.6. The lowest BCUT2D eigenvalue weighted by molar-refractivity contribution is -0.136. The number of hydrogen-bond acceptors (Lipinski definition) is 4. The Morgan fingerprint density at radius 1 is 1.64 bits per heavy atom. The Morgan fingerprint density at radius 2 is 2.36 bits per heavy atom. The topological polar surface area (TPSA) is 75.1 Å². The Balaban J connectivity index is 2.46. The lowest BCUT2D eigenvalue weighted by atomic mass is 10.1. The van der Waals surface area contributed by atoms with E-state index in [1.807, 2.05) is 0 Å². The first-order chi connectivity index (χ1) is 6.50. The molecule has 0 bridgehead atoms. The van der Waals surface area contributed by atoms with Gasteiger partial charge >= 0.3 is 0 Å². The average Bonchev–Trinajstić information content (AvgIpc) is 2.14. The molecule has 0 atom stereocenters. The zero-order valence-corrected chi connectivity index (χ0v) is 8.19. The van der Waals surface area contributed by atoms with E-state index in [1.165, 1.54) is 20.2 Å². The van der Waals surface area contributed by atoms with Gasteiger partial charge in [-0.05, 0) is 19.9 Å². The standard InChI is InChI=1S/C9H13N3O2/c1-9(2,14)8(13)11-5-7-3-4-10-6-12-7/h3-4,6,14H,5H2,1-2H3,(H,11,13). The summed E-state index contributed by atoms with van der Waals surface area (Å²) in [5, 5.41) is 11.9. The van der Waals surface area contributed by atoms with Gasteiger partial charge in [0.2, 0.25) is 0 Å². The molecular weight excluding hydrogens is 182 g/mol. The van der Waals surface area contributed by atoms with Crippen LogP contribution in [0.3, 0.4) is 0 Å². The number of carbonyl (C=O) groups excluding carboxylic acids is 1. The van der Waals surface area contributed by atoms with Crippen molar-refractivity contribution in [3.8, 4) is 0 Å². The molecule has 0 aliphatic rings. The Morgan fingerprint density at radius 3 is 2.86 bits per heavy atom. The van der Waals surface area contributed by atoms with E-state index in [-0.39, 0.29) is 0 Å². The van der Waals surface area contributed by atoms with E-state index in [9.17, 15) is 9.90 Å². The van der Waals surface area contributed by atoms with Crippen molar-refractivity contribution in [2.45, 2.75) is 26.0 Å². The number of rotatable bonds is 3. The van der Waals surface area contributed by atoms with Crippen LogP contribution in [0.2, 0.25) is 0 Å². The molecule has 1 heterocycles. The van der Waals surface area contributed by atoms with E-state index >= 15 is 0 Å². The first-order valence-electron chi connectivity index (χ1n) is 4.26. The van der Waals surface area contributed by atoms with Gasteiger partial charge in [-0.15, -0.1) is 0 Å². The lowest BCUT2D eigenvalue weighted by Crippen LogP contribution is -2.41. The third-order valence-electron chi connectivity index (χ3n) is 1.63. The van der Waals surface area contributed by atoms with Gasteiger partial charge in [-0.3, -0.25) is 4.79 Å². The van der Waals surface area contributed by atoms with Crippen molar-refractivity contribution >= 4 is 5.91 Å². The van der Waals surface area contributed by atoms with Crippen LogP contribution in [-0.2, 0) is 11.3 Å². The molecule has 1 amide bonds. The minimum atomic E-state index is -1.35. The van der Waals surface area contributed by atoms with Crippen molar-refractivity contribution < 1.29 is 9.90 Å². The molecule has 0 unspecified atom stereocenters. The van der Waals surface area contributed by atoms with E-state index in [0.717, 1.165) is 0 Å². The van der Waals surface area contributed by atoms with Gasteiger partial charge in [0.25, 0.3) is 5.91 Å². The molecular formula is C9H13N3O2. The van der Waals surface area contributed by atoms with E-state index in [4.69, 9.17) is 0 Å². The summed E-state index contributed by atoms with van der Waals surface area (Å²) >= 11 is 0. The van der Waals surface area contributed by atoms with Crippen LogP contribution in [0, 0.1) is 0 Å². The fraction of sp³-hybridized carbons (Fsp3) is 0.444. The fourth-order valence-corrected chi connectivity index (χ4v) is 0.810. The zero-order valence-electron chi connectivity index (χ0n) is 8.19. The van der Waals surface area contributed by atoms with Crippen LogP contribution in [0.15, 0.2) is 18.6 Å². The molecule has 0 saturated carbocycles. The summed E-state index contributed by atoms with van der Waals surface area (Å²) < 4.78 is 0. The number of hydrogen-bond donors (Lipinski definition) is 2. The van der Waals surface area contributed by atoms with Gasteiger partial charge < -0.3 is 10.4 Å². The summed E-state index contributed by atoms with van der Waals surface area (Å²) in [5.41, 5.74) is -0.648. The normalized spacial score (nSPS) is 11.1. The summed E-state index contributed by atoms with van der Waals surface area (Å²) in [6, 6.07) is 1.70. The highest BCUT2D eigenvalue weighted by Gasteiger charge is 2.22. The SMILES string of the molecule is CC(C)(O)C(=O)NCc1ccncn1. The molecule has 14 heavy (non-hydrogen) atoms. The molecule has 2 N–H and O–H groups in total. The molecule has 5 heteroatoms. The second-order valence-corrected chi connectivity index (χ2v) is 3.44. The van der Waals surface area contributed by atoms with Crippen LogP contribution in [0.4, 0.5) is 0 Å². The molecule has 76 valence electrons. The highest BCUT2D eigenvalue weighted by molar-refractivity contribution is 5.83. The van der Waals surface area contributed by atoms with Gasteiger partial charge in [0.1, 0.15) is 11.9 Å². The molecule has 0 aliphatic heterocycles. The number of nitrogens with zero attached hydrogens (tertiary/aromatic N) is 2. The molecule has 0 fully saturated rings. The van der Waals surface area contributed by atoms with Crippen molar-refractivity contribution in [1.82, 2.24) is 15.3 Å². The Labute approximate surface area is 82.2 Å². The second kappa shape index (κ2) is 4.15. The van der Waals surface area contributed by atoms with Crippen LogP contribution in [-0.4, -0.2) is 26.6 Å². The molecule has 0 spiro atoms. The van der Waals surface area contributed by atoms with Crippen LogP contribution in [0.5, 0.6) is 0 Å². The number of amides is 1. The summed E-state index contributed by atoms with van der Waals surface area (Å²) in [4.78, 5) is 18.9. The Kier molecular flexibility index (Phi) is 3.14. The van der Waals surface area contributed by atoms with Gasteiger partial charge in [-0.1, -0.05) is 0 Å². The number of aromatic nitrogens is 2. The molecule has 0 radical (unpaired) electrons. The van der Waals surface area contributed by atoms with Gasteiger partial charge in [0.15, 0.2) is 0 Å². The predicted molar refractivity (Wildman–Crippen MR) is 50.2 cm³/mol. The summed E-state index contributed by atoms with van der Waals surface area (Å²) in [7, 11) is 0. The first kappa shape index (κ1) is 10.6. The minimum absolute atomic E-state index is 0.297. The average molecular weight is 195 g/mol. The van der Waals surface area contributed by atoms with Crippen molar-refractivity contribution in [2.24, 2.45) is 0 Å². The monoisotopic (exact) mass is 195 g/mol. The largest absolute Gasteiger partial charge is 0.381 e. The Bertz CT molecular complexity index is 306. The molecule has 1 aromatic rings. The molecule has 1 aromatic heterocycles. The molecule has 0 aliphatic carbocycles. The number of carbonyl (C=O) groups is 1. The summed E-state index contributed by atoms with van der Waals surface area (Å²) in [6.07, 6.45) is 3.00. The van der Waals surface area contributed by atoms with E-state index in [0.29, 0.717) is 12.2 Å². The second-order valence-electron chi connectivity index (χ2n) is 3.44. The van der Waals surface area contributed by atoms with Crippen molar-refractivity contribution in [2.75, 3.05) is 0 Å². The van der Waals surface area contributed by atoms with Gasteiger partial charge in [0.05, 0.1) is 12.2 Å². The molecule has 0 aromatic carbocycles. The van der Waals surface area contributed by atoms with E-state index in [1.54, 1.807) is 12.3 Å². The Hall–Kier alpha value is -1.49. The molecule has 1 rings (SSSR count). The van der Waals surface area contributed by atoms with Gasteiger partial charge in [-0.2, -0.15) is 0 Å². The van der Waals surface area contributed by atoms with E-state index < -0.39 is 11.5 Å². The quantitative estimate of drug-likeness (QED) is 0.704. The maximum atomic E-state index is 11.2. The smallest absolute Gasteiger partial charge is 0.251 e. The third-order valence-corrected chi connectivity index (χ3v) is 1.63. The van der Waals surface area contributed by atoms with Crippen LogP contribution < -0.4 is 5.32 Å². The molecule has 5 nitrogen and oxygen atoms in total. The first-order valence-corrected chi connectivity index (χ1v) is 4.26.